The van der Waals surface area contributed by atoms with Crippen LogP contribution in [0.4, 0.5) is 5.69 Å². The normalized spacial score (nSPS) is 18.2. The number of nitrogens with one attached hydrogen (secondary N) is 1. The standard InChI is InChI=1S/C15H22N4/c1-2-3-9-19(12-13-5-4-7-17-13)15-6-8-18-14(10-15)11-16/h6,8,10,13,17H,2-5,7,9,12H2,1H3. The predicted octanol–water partition coefficient (Wildman–Crippen LogP) is 2.31. The van der Waals surface area contributed by atoms with Crippen molar-refractivity contribution < 1.29 is 0 Å². The topological polar surface area (TPSA) is 52.0 Å². The highest BCUT2D eigenvalue weighted by molar-refractivity contribution is 5.49. The average Bonchev–Trinajstić information content (AvgIpc) is 2.96. The first-order chi connectivity index (χ1) is 9.33. The van der Waals surface area contributed by atoms with Crippen LogP contribution >= 0.6 is 0 Å². The molecule has 1 atom stereocenters. The van der Waals surface area contributed by atoms with Crippen LogP contribution in [-0.2, 0) is 0 Å². The number of hydrogen-bond donors (Lipinski definition) is 1. The third-order valence-electron chi connectivity index (χ3n) is 3.61. The highest BCUT2D eigenvalue weighted by Crippen LogP contribution is 2.18. The number of hydrogen-bond acceptors (Lipinski definition) is 4. The van der Waals surface area contributed by atoms with Gasteiger partial charge >= 0.3 is 0 Å². The van der Waals surface area contributed by atoms with Crippen LogP contribution < -0.4 is 10.2 Å². The lowest BCUT2D eigenvalue weighted by molar-refractivity contribution is 0.572. The molecule has 2 rings (SSSR count). The highest BCUT2D eigenvalue weighted by atomic mass is 15.2. The second kappa shape index (κ2) is 7.10. The minimum Gasteiger partial charge on any atom is -0.370 e. The van der Waals surface area contributed by atoms with Crippen molar-refractivity contribution in [1.29, 1.82) is 5.26 Å². The van der Waals surface area contributed by atoms with Crippen molar-refractivity contribution in [1.82, 2.24) is 10.3 Å². The molecule has 0 saturated carbocycles. The third kappa shape index (κ3) is 3.93. The van der Waals surface area contributed by atoms with Gasteiger partial charge < -0.3 is 10.2 Å². The number of pyridine rings is 1. The van der Waals surface area contributed by atoms with Crippen molar-refractivity contribution >= 4 is 5.69 Å². The zero-order valence-corrected chi connectivity index (χ0v) is 11.6. The molecule has 2 heterocycles. The Bertz CT molecular complexity index is 432. The Morgan fingerprint density at radius 2 is 2.47 bits per heavy atom. The summed E-state index contributed by atoms with van der Waals surface area (Å²) in [4.78, 5) is 6.43. The SMILES string of the molecule is CCCCN(CC1CCCN1)c1ccnc(C#N)c1. The summed E-state index contributed by atoms with van der Waals surface area (Å²) in [6.07, 6.45) is 6.61. The van der Waals surface area contributed by atoms with E-state index in [-0.39, 0.29) is 0 Å². The zero-order chi connectivity index (χ0) is 13.5. The summed E-state index contributed by atoms with van der Waals surface area (Å²) in [6, 6.07) is 6.60. The molecule has 4 heteroatoms. The maximum absolute atomic E-state index is 8.96. The molecule has 19 heavy (non-hydrogen) atoms. The number of anilines is 1. The first-order valence-corrected chi connectivity index (χ1v) is 7.18. The summed E-state index contributed by atoms with van der Waals surface area (Å²) in [6.45, 7) is 5.41. The molecule has 4 nitrogen and oxygen atoms in total. The minimum absolute atomic E-state index is 0.498. The Balaban J connectivity index is 2.08. The van der Waals surface area contributed by atoms with Crippen LogP contribution in [0, 0.1) is 11.3 Å². The highest BCUT2D eigenvalue weighted by Gasteiger charge is 2.18. The van der Waals surface area contributed by atoms with E-state index < -0.39 is 0 Å². The van der Waals surface area contributed by atoms with E-state index in [1.165, 1.54) is 25.7 Å². The van der Waals surface area contributed by atoms with E-state index in [2.05, 4.69) is 28.2 Å². The van der Waals surface area contributed by atoms with Crippen molar-refractivity contribution in [3.05, 3.63) is 24.0 Å². The lowest BCUT2D eigenvalue weighted by Crippen LogP contribution is -2.38. The molecule has 1 aliphatic rings. The smallest absolute Gasteiger partial charge is 0.142 e. The van der Waals surface area contributed by atoms with Crippen LogP contribution in [0.25, 0.3) is 0 Å². The first kappa shape index (κ1) is 13.8. The van der Waals surface area contributed by atoms with Crippen LogP contribution in [0.15, 0.2) is 18.3 Å². The molecule has 0 aromatic carbocycles. The molecule has 0 amide bonds. The predicted molar refractivity (Wildman–Crippen MR) is 77.1 cm³/mol. The fourth-order valence-corrected chi connectivity index (χ4v) is 2.53. The summed E-state index contributed by atoms with van der Waals surface area (Å²) in [5, 5.41) is 12.5. The molecule has 0 bridgehead atoms. The molecule has 1 aliphatic heterocycles. The van der Waals surface area contributed by atoms with Gasteiger partial charge in [-0.05, 0) is 37.9 Å². The molecule has 1 fully saturated rings. The zero-order valence-electron chi connectivity index (χ0n) is 11.6. The Morgan fingerprint density at radius 3 is 3.16 bits per heavy atom. The summed E-state index contributed by atoms with van der Waals surface area (Å²) < 4.78 is 0. The molecule has 1 saturated heterocycles. The molecule has 0 spiro atoms. The van der Waals surface area contributed by atoms with Gasteiger partial charge in [-0.3, -0.25) is 0 Å². The molecule has 0 radical (unpaired) electrons. The summed E-state index contributed by atoms with van der Waals surface area (Å²) >= 11 is 0. The van der Waals surface area contributed by atoms with Gasteiger partial charge in [0.05, 0.1) is 0 Å². The van der Waals surface area contributed by atoms with E-state index in [1.807, 2.05) is 12.1 Å². The quantitative estimate of drug-likeness (QED) is 0.850. The molecule has 1 aromatic heterocycles. The summed E-state index contributed by atoms with van der Waals surface area (Å²) in [5.74, 6) is 0. The molecule has 1 N–H and O–H groups in total. The van der Waals surface area contributed by atoms with Gasteiger partial charge in [0.15, 0.2) is 0 Å². The van der Waals surface area contributed by atoms with Crippen molar-refractivity contribution in [3.63, 3.8) is 0 Å². The summed E-state index contributed by atoms with van der Waals surface area (Å²) in [5.41, 5.74) is 1.62. The van der Waals surface area contributed by atoms with E-state index >= 15 is 0 Å². The van der Waals surface area contributed by atoms with Gasteiger partial charge in [0.1, 0.15) is 11.8 Å². The van der Waals surface area contributed by atoms with E-state index in [1.54, 1.807) is 6.20 Å². The molecule has 1 aromatic rings. The van der Waals surface area contributed by atoms with Crippen LogP contribution in [0.5, 0.6) is 0 Å². The van der Waals surface area contributed by atoms with Gasteiger partial charge in [-0.25, -0.2) is 4.98 Å². The van der Waals surface area contributed by atoms with Gasteiger partial charge in [-0.15, -0.1) is 0 Å². The first-order valence-electron chi connectivity index (χ1n) is 7.18. The van der Waals surface area contributed by atoms with Crippen LogP contribution in [0.1, 0.15) is 38.3 Å². The van der Waals surface area contributed by atoms with E-state index in [0.717, 1.165) is 25.3 Å². The lowest BCUT2D eigenvalue weighted by atomic mass is 10.2. The number of nitriles is 1. The fourth-order valence-electron chi connectivity index (χ4n) is 2.53. The average molecular weight is 258 g/mol. The largest absolute Gasteiger partial charge is 0.370 e. The van der Waals surface area contributed by atoms with Gasteiger partial charge in [0.25, 0.3) is 0 Å². The van der Waals surface area contributed by atoms with Gasteiger partial charge in [0, 0.05) is 31.0 Å². The second-order valence-electron chi connectivity index (χ2n) is 5.10. The summed E-state index contributed by atoms with van der Waals surface area (Å²) in [7, 11) is 0. The van der Waals surface area contributed by atoms with Crippen molar-refractivity contribution in [2.24, 2.45) is 0 Å². The Hall–Kier alpha value is -1.60. The van der Waals surface area contributed by atoms with Crippen LogP contribution in [-0.4, -0.2) is 30.7 Å². The monoisotopic (exact) mass is 258 g/mol. The molecular formula is C15H22N4. The minimum atomic E-state index is 0.498. The lowest BCUT2D eigenvalue weighted by Gasteiger charge is -2.28. The number of rotatable bonds is 6. The third-order valence-corrected chi connectivity index (χ3v) is 3.61. The van der Waals surface area contributed by atoms with Crippen LogP contribution in [0.2, 0.25) is 0 Å². The second-order valence-corrected chi connectivity index (χ2v) is 5.10. The Kier molecular flexibility index (Phi) is 5.17. The molecule has 0 aliphatic carbocycles. The fraction of sp³-hybridized carbons (Fsp3) is 0.600. The van der Waals surface area contributed by atoms with Crippen LogP contribution in [0.3, 0.4) is 0 Å². The Morgan fingerprint density at radius 1 is 1.58 bits per heavy atom. The molecular weight excluding hydrogens is 236 g/mol. The number of nitrogens with zero attached hydrogens (tertiary/aromatic N) is 3. The van der Waals surface area contributed by atoms with Gasteiger partial charge in [-0.2, -0.15) is 5.26 Å². The maximum atomic E-state index is 8.96. The molecule has 102 valence electrons. The van der Waals surface area contributed by atoms with Crippen molar-refractivity contribution in [2.75, 3.05) is 24.5 Å². The van der Waals surface area contributed by atoms with Gasteiger partial charge in [-0.1, -0.05) is 13.3 Å². The number of aromatic nitrogens is 1. The van der Waals surface area contributed by atoms with Crippen molar-refractivity contribution in [2.45, 2.75) is 38.6 Å². The Labute approximate surface area is 115 Å². The molecule has 1 unspecified atom stereocenters. The van der Waals surface area contributed by atoms with E-state index in [0.29, 0.717) is 11.7 Å². The number of unbranched alkanes of at least 4 members (excludes halogenated alkanes) is 1. The van der Waals surface area contributed by atoms with Gasteiger partial charge in [0.2, 0.25) is 0 Å². The maximum Gasteiger partial charge on any atom is 0.142 e. The van der Waals surface area contributed by atoms with E-state index in [4.69, 9.17) is 5.26 Å². The van der Waals surface area contributed by atoms with Crippen molar-refractivity contribution in [3.8, 4) is 6.07 Å². The van der Waals surface area contributed by atoms with E-state index in [9.17, 15) is 0 Å².